The molecule has 3 atom stereocenters. The Balaban J connectivity index is 2.11. The third kappa shape index (κ3) is 3.64. The molecule has 0 radical (unpaired) electrons. The largest absolute Gasteiger partial charge is 0.480 e. The first kappa shape index (κ1) is 16.5. The van der Waals surface area contributed by atoms with Crippen LogP contribution in [0.1, 0.15) is 36.2 Å². The van der Waals surface area contributed by atoms with Crippen molar-refractivity contribution >= 4 is 17.4 Å². The number of carbonyl (C=O) groups is 2. The van der Waals surface area contributed by atoms with Crippen molar-refractivity contribution in [3.8, 4) is 0 Å². The van der Waals surface area contributed by atoms with Gasteiger partial charge in [-0.25, -0.2) is 0 Å². The second kappa shape index (κ2) is 6.89. The number of fused-ring (bicyclic) bond motifs is 1. The zero-order chi connectivity index (χ0) is 16.3. The third-order valence-electron chi connectivity index (χ3n) is 3.90. The Morgan fingerprint density at radius 3 is 2.68 bits per heavy atom. The molecule has 120 valence electrons. The first-order chi connectivity index (χ1) is 10.4. The Hall–Kier alpha value is -1.92. The summed E-state index contributed by atoms with van der Waals surface area (Å²) < 4.78 is 0. The fraction of sp³-hybridized carbons (Fsp3) is 0.500. The summed E-state index contributed by atoms with van der Waals surface area (Å²) in [7, 11) is 0. The molecule has 0 spiro atoms. The van der Waals surface area contributed by atoms with Crippen molar-refractivity contribution in [1.82, 2.24) is 5.32 Å². The number of nitrogens with one attached hydrogen (secondary N) is 2. The van der Waals surface area contributed by atoms with Crippen LogP contribution >= 0.6 is 0 Å². The molecular weight excluding hydrogens is 284 g/mol. The minimum absolute atomic E-state index is 0.180. The van der Waals surface area contributed by atoms with Crippen LogP contribution in [0, 0.1) is 0 Å². The predicted octanol–water partition coefficient (Wildman–Crippen LogP) is 1.04. The van der Waals surface area contributed by atoms with E-state index in [-0.39, 0.29) is 5.78 Å². The van der Waals surface area contributed by atoms with Crippen molar-refractivity contribution in [2.24, 2.45) is 0 Å². The first-order valence-corrected chi connectivity index (χ1v) is 7.48. The molecule has 3 unspecified atom stereocenters. The number of Topliss-reactive ketones (excluding diaryl/α,β-unsaturated/α-hetero) is 1. The monoisotopic (exact) mass is 306 g/mol. The van der Waals surface area contributed by atoms with E-state index in [4.69, 9.17) is 5.11 Å². The molecule has 22 heavy (non-hydrogen) atoms. The van der Waals surface area contributed by atoms with Gasteiger partial charge in [0.15, 0.2) is 5.78 Å². The number of aryl methyl sites for hydroxylation is 1. The van der Waals surface area contributed by atoms with Gasteiger partial charge in [0.25, 0.3) is 0 Å². The molecule has 1 aromatic rings. The van der Waals surface area contributed by atoms with Crippen molar-refractivity contribution < 1.29 is 19.8 Å². The molecular formula is C16H22N2O4. The fourth-order valence-corrected chi connectivity index (χ4v) is 2.64. The summed E-state index contributed by atoms with van der Waals surface area (Å²) in [6.45, 7) is 3.93. The van der Waals surface area contributed by atoms with E-state index in [0.717, 1.165) is 30.6 Å². The van der Waals surface area contributed by atoms with Crippen molar-refractivity contribution in [3.05, 3.63) is 29.3 Å². The molecule has 1 aromatic carbocycles. The van der Waals surface area contributed by atoms with Gasteiger partial charge in [0.2, 0.25) is 0 Å². The quantitative estimate of drug-likeness (QED) is 0.586. The average molecular weight is 306 g/mol. The lowest BCUT2D eigenvalue weighted by Gasteiger charge is -2.22. The standard InChI is InChI=1S/C16H22N2O4/c1-9(18-14(10(2)19)16(21)22)15(20)12-5-6-13-11(8-12)4-3-7-17-13/h5-6,8-10,14,17-19H,3-4,7H2,1-2H3,(H,21,22). The van der Waals surface area contributed by atoms with Crippen LogP contribution in [-0.4, -0.2) is 46.7 Å². The zero-order valence-electron chi connectivity index (χ0n) is 12.8. The minimum atomic E-state index is -1.18. The third-order valence-corrected chi connectivity index (χ3v) is 3.90. The minimum Gasteiger partial charge on any atom is -0.480 e. The molecule has 4 N–H and O–H groups in total. The predicted molar refractivity (Wildman–Crippen MR) is 83.3 cm³/mol. The fourth-order valence-electron chi connectivity index (χ4n) is 2.64. The van der Waals surface area contributed by atoms with E-state index in [9.17, 15) is 14.7 Å². The number of anilines is 1. The lowest BCUT2D eigenvalue weighted by molar-refractivity contribution is -0.142. The van der Waals surface area contributed by atoms with E-state index in [1.54, 1.807) is 13.0 Å². The lowest BCUT2D eigenvalue weighted by atomic mass is 9.97. The number of carboxylic acids is 1. The van der Waals surface area contributed by atoms with Crippen LogP contribution in [0.15, 0.2) is 18.2 Å². The second-order valence-electron chi connectivity index (χ2n) is 5.71. The summed E-state index contributed by atoms with van der Waals surface area (Å²) >= 11 is 0. The van der Waals surface area contributed by atoms with Crippen molar-refractivity contribution in [3.63, 3.8) is 0 Å². The summed E-state index contributed by atoms with van der Waals surface area (Å²) in [4.78, 5) is 23.5. The average Bonchev–Trinajstić information content (AvgIpc) is 2.50. The van der Waals surface area contributed by atoms with Crippen LogP contribution in [0.4, 0.5) is 5.69 Å². The van der Waals surface area contributed by atoms with Crippen LogP contribution in [0.25, 0.3) is 0 Å². The maximum absolute atomic E-state index is 12.5. The SMILES string of the molecule is CC(NC(C(=O)O)C(C)O)C(=O)c1ccc2c(c1)CCCN2. The van der Waals surface area contributed by atoms with Gasteiger partial charge < -0.3 is 15.5 Å². The number of ketones is 1. The van der Waals surface area contributed by atoms with Crippen molar-refractivity contribution in [2.75, 3.05) is 11.9 Å². The van der Waals surface area contributed by atoms with Gasteiger partial charge in [-0.15, -0.1) is 0 Å². The Morgan fingerprint density at radius 2 is 2.05 bits per heavy atom. The normalized spacial score (nSPS) is 17.8. The molecule has 0 fully saturated rings. The molecule has 1 aliphatic heterocycles. The molecule has 0 aliphatic carbocycles. The summed E-state index contributed by atoms with van der Waals surface area (Å²) in [5, 5.41) is 24.5. The Bertz CT molecular complexity index is 571. The van der Waals surface area contributed by atoms with Crippen molar-refractivity contribution in [2.45, 2.75) is 44.9 Å². The maximum Gasteiger partial charge on any atom is 0.323 e. The van der Waals surface area contributed by atoms with Crippen LogP contribution in [0.3, 0.4) is 0 Å². The summed E-state index contributed by atoms with van der Waals surface area (Å²) in [6, 6.07) is 3.64. The molecule has 0 amide bonds. The number of benzene rings is 1. The van der Waals surface area contributed by atoms with Gasteiger partial charge >= 0.3 is 5.97 Å². The lowest BCUT2D eigenvalue weighted by Crippen LogP contribution is -2.51. The number of aliphatic hydroxyl groups is 1. The highest BCUT2D eigenvalue weighted by atomic mass is 16.4. The summed E-state index contributed by atoms with van der Waals surface area (Å²) in [5.74, 6) is -1.36. The van der Waals surface area contributed by atoms with E-state index in [1.807, 2.05) is 12.1 Å². The maximum atomic E-state index is 12.5. The molecule has 1 aliphatic rings. The first-order valence-electron chi connectivity index (χ1n) is 7.48. The van der Waals surface area contributed by atoms with Crippen molar-refractivity contribution in [1.29, 1.82) is 0 Å². The van der Waals surface area contributed by atoms with Crippen LogP contribution < -0.4 is 10.6 Å². The van der Waals surface area contributed by atoms with Gasteiger partial charge in [0, 0.05) is 17.8 Å². The van der Waals surface area contributed by atoms with Gasteiger partial charge in [-0.2, -0.15) is 0 Å². The van der Waals surface area contributed by atoms with Gasteiger partial charge in [-0.3, -0.25) is 14.9 Å². The molecule has 0 saturated heterocycles. The van der Waals surface area contributed by atoms with E-state index in [2.05, 4.69) is 10.6 Å². The highest BCUT2D eigenvalue weighted by molar-refractivity contribution is 6.00. The number of hydrogen-bond acceptors (Lipinski definition) is 5. The van der Waals surface area contributed by atoms with E-state index >= 15 is 0 Å². The number of carboxylic acid groups (broad SMARTS) is 1. The zero-order valence-corrected chi connectivity index (χ0v) is 12.8. The van der Waals surface area contributed by atoms with Crippen LogP contribution in [-0.2, 0) is 11.2 Å². The van der Waals surface area contributed by atoms with Gasteiger partial charge in [-0.1, -0.05) is 0 Å². The summed E-state index contributed by atoms with van der Waals surface area (Å²) in [6.07, 6.45) is 0.874. The Morgan fingerprint density at radius 1 is 1.32 bits per heavy atom. The molecule has 6 nitrogen and oxygen atoms in total. The topological polar surface area (TPSA) is 98.7 Å². The smallest absolute Gasteiger partial charge is 0.323 e. The Labute approximate surface area is 129 Å². The highest BCUT2D eigenvalue weighted by Gasteiger charge is 2.27. The number of aliphatic hydroxyl groups excluding tert-OH is 1. The summed E-state index contributed by atoms with van der Waals surface area (Å²) in [5.41, 5.74) is 2.71. The number of aliphatic carboxylic acids is 1. The number of hydrogen-bond donors (Lipinski definition) is 4. The number of rotatable bonds is 6. The van der Waals surface area contributed by atoms with Crippen LogP contribution in [0.5, 0.6) is 0 Å². The molecule has 6 heteroatoms. The molecule has 2 rings (SSSR count). The van der Waals surface area contributed by atoms with E-state index < -0.39 is 24.2 Å². The van der Waals surface area contributed by atoms with E-state index in [0.29, 0.717) is 5.56 Å². The molecule has 1 heterocycles. The molecule has 0 bridgehead atoms. The molecule has 0 aromatic heterocycles. The number of carbonyl (C=O) groups excluding carboxylic acids is 1. The highest BCUT2D eigenvalue weighted by Crippen LogP contribution is 2.23. The second-order valence-corrected chi connectivity index (χ2v) is 5.71. The Kier molecular flexibility index (Phi) is 5.15. The molecule has 0 saturated carbocycles. The van der Waals surface area contributed by atoms with Gasteiger partial charge in [0.1, 0.15) is 6.04 Å². The van der Waals surface area contributed by atoms with E-state index in [1.165, 1.54) is 6.92 Å². The van der Waals surface area contributed by atoms with Gasteiger partial charge in [-0.05, 0) is 50.5 Å². The van der Waals surface area contributed by atoms with Gasteiger partial charge in [0.05, 0.1) is 12.1 Å². The van der Waals surface area contributed by atoms with Crippen LogP contribution in [0.2, 0.25) is 0 Å².